The molecule has 194 valence electrons. The maximum absolute atomic E-state index is 13.5. The number of rotatable bonds is 13. The minimum atomic E-state index is -1.19. The fourth-order valence-electron chi connectivity index (χ4n) is 4.90. The molecule has 2 amide bonds. The Balaban J connectivity index is 1.73. The number of fused-ring (bicyclic) bond motifs is 1. The summed E-state index contributed by atoms with van der Waals surface area (Å²) in [6.45, 7) is 7.48. The summed E-state index contributed by atoms with van der Waals surface area (Å²) in [6.07, 6.45) is 6.16. The maximum Gasteiger partial charge on any atom is 0.327 e. The third-order valence-electron chi connectivity index (χ3n) is 6.84. The van der Waals surface area contributed by atoms with E-state index in [1.807, 2.05) is 26.0 Å². The summed E-state index contributed by atoms with van der Waals surface area (Å²) in [5.74, 6) is -0.792. The number of hydrogen-bond donors (Lipinski definition) is 2. The van der Waals surface area contributed by atoms with Gasteiger partial charge in [-0.25, -0.2) is 4.79 Å². The van der Waals surface area contributed by atoms with Crippen molar-refractivity contribution in [3.05, 3.63) is 24.3 Å². The fourth-order valence-corrected chi connectivity index (χ4v) is 6.54. The molecule has 2 heterocycles. The molecule has 0 saturated carbocycles. The lowest BCUT2D eigenvalue weighted by atomic mass is 9.86. The van der Waals surface area contributed by atoms with Crippen LogP contribution in [0.3, 0.4) is 0 Å². The van der Waals surface area contributed by atoms with Gasteiger partial charge in [0.25, 0.3) is 11.8 Å². The Bertz CT molecular complexity index is 938. The molecule has 1 aromatic rings. The monoisotopic (exact) mass is 506 g/mol. The number of unbranched alkanes of at least 4 members (excludes halogenated alkanes) is 5. The zero-order chi connectivity index (χ0) is 25.8. The first kappa shape index (κ1) is 27.2. The summed E-state index contributed by atoms with van der Waals surface area (Å²) in [5, 5.41) is 12.2. The van der Waals surface area contributed by atoms with E-state index in [2.05, 4.69) is 12.2 Å². The second-order valence-corrected chi connectivity index (χ2v) is 11.8. The lowest BCUT2D eigenvalue weighted by Crippen LogP contribution is -2.78. The molecular weight excluding hydrogens is 468 g/mol. The Hall–Kier alpha value is -2.42. The van der Waals surface area contributed by atoms with Crippen LogP contribution in [0.2, 0.25) is 0 Å². The zero-order valence-electron chi connectivity index (χ0n) is 21.3. The van der Waals surface area contributed by atoms with E-state index >= 15 is 0 Å². The minimum absolute atomic E-state index is 0.378. The van der Waals surface area contributed by atoms with E-state index in [0.29, 0.717) is 17.9 Å². The lowest BCUT2D eigenvalue weighted by molar-refractivity contribution is -0.168. The molecule has 1 aromatic carbocycles. The number of carboxylic acids is 1. The number of aliphatic carboxylic acids is 1. The maximum atomic E-state index is 13.5. The summed E-state index contributed by atoms with van der Waals surface area (Å²) in [4.78, 5) is 39.8. The van der Waals surface area contributed by atoms with Crippen molar-refractivity contribution in [2.45, 2.75) is 100 Å². The fraction of sp³-hybridized carbons (Fsp3) is 0.654. The van der Waals surface area contributed by atoms with E-state index < -0.39 is 33.8 Å². The highest BCUT2D eigenvalue weighted by Gasteiger charge is 2.70. The molecule has 2 saturated heterocycles. The summed E-state index contributed by atoms with van der Waals surface area (Å²) in [5.41, 5.74) is -1.19. The van der Waals surface area contributed by atoms with Crippen LogP contribution in [0.25, 0.3) is 0 Å². The Morgan fingerprint density at radius 1 is 1.11 bits per heavy atom. The van der Waals surface area contributed by atoms with Gasteiger partial charge < -0.3 is 24.8 Å². The predicted molar refractivity (Wildman–Crippen MR) is 136 cm³/mol. The number of carbonyl (C=O) groups excluding carboxylic acids is 2. The number of carbonyl (C=O) groups is 3. The zero-order valence-corrected chi connectivity index (χ0v) is 22.2. The molecule has 1 unspecified atom stereocenters. The molecule has 0 radical (unpaired) electrons. The van der Waals surface area contributed by atoms with E-state index in [-0.39, 0.29) is 11.8 Å². The Kier molecular flexibility index (Phi) is 8.62. The highest BCUT2D eigenvalue weighted by atomic mass is 32.2. The molecular formula is C26H38N2O6S. The summed E-state index contributed by atoms with van der Waals surface area (Å²) in [6, 6.07) is 6.24. The van der Waals surface area contributed by atoms with Crippen LogP contribution in [0, 0.1) is 0 Å². The molecule has 0 aromatic heterocycles. The topological polar surface area (TPSA) is 105 Å². The van der Waals surface area contributed by atoms with Gasteiger partial charge in [0.2, 0.25) is 0 Å². The van der Waals surface area contributed by atoms with Crippen molar-refractivity contribution in [3.63, 3.8) is 0 Å². The molecule has 9 heteroatoms. The van der Waals surface area contributed by atoms with Crippen LogP contribution in [-0.4, -0.2) is 62.7 Å². The number of thioether (sulfide) groups is 1. The standard InChI is InChI=1S/C26H38N2O6S/c1-6-7-8-9-10-11-16-19(34-18-15-13-12-14-17(18)33-5)21(29)27-26(4)23(32)28-20(22(30)31)25(2,3)35-24(26)28/h12-15,19-20,24H,6-11,16H2,1-5H3,(H,27,29)(H,30,31)/t19?,20-,24+,26-/m0/s1. The van der Waals surface area contributed by atoms with Crippen LogP contribution in [0.1, 0.15) is 72.6 Å². The van der Waals surface area contributed by atoms with Crippen molar-refractivity contribution in [2.24, 2.45) is 0 Å². The lowest BCUT2D eigenvalue weighted by Gasteiger charge is -2.51. The van der Waals surface area contributed by atoms with Gasteiger partial charge in [0.05, 0.1) is 7.11 Å². The van der Waals surface area contributed by atoms with Crippen molar-refractivity contribution in [1.29, 1.82) is 0 Å². The van der Waals surface area contributed by atoms with E-state index in [1.54, 1.807) is 26.2 Å². The molecule has 2 aliphatic heterocycles. The number of methoxy groups -OCH3 is 1. The van der Waals surface area contributed by atoms with Gasteiger partial charge in [0, 0.05) is 4.75 Å². The van der Waals surface area contributed by atoms with Crippen LogP contribution in [-0.2, 0) is 14.4 Å². The third kappa shape index (κ3) is 5.55. The number of carboxylic acid groups (broad SMARTS) is 1. The van der Waals surface area contributed by atoms with Gasteiger partial charge in [-0.2, -0.15) is 0 Å². The van der Waals surface area contributed by atoms with E-state index in [1.165, 1.54) is 35.9 Å². The molecule has 2 aliphatic rings. The third-order valence-corrected chi connectivity index (χ3v) is 8.60. The Morgan fingerprint density at radius 2 is 1.74 bits per heavy atom. The van der Waals surface area contributed by atoms with Crippen LogP contribution in [0.15, 0.2) is 24.3 Å². The van der Waals surface area contributed by atoms with E-state index in [0.717, 1.165) is 19.3 Å². The van der Waals surface area contributed by atoms with E-state index in [9.17, 15) is 19.5 Å². The number of nitrogens with one attached hydrogen (secondary N) is 1. The first-order chi connectivity index (χ1) is 16.6. The number of nitrogens with zero attached hydrogens (tertiary/aromatic N) is 1. The van der Waals surface area contributed by atoms with Gasteiger partial charge in [0.1, 0.15) is 17.0 Å². The Morgan fingerprint density at radius 3 is 2.37 bits per heavy atom. The van der Waals surface area contributed by atoms with Crippen molar-refractivity contribution >= 4 is 29.5 Å². The van der Waals surface area contributed by atoms with Crippen LogP contribution in [0.4, 0.5) is 0 Å². The van der Waals surface area contributed by atoms with Gasteiger partial charge >= 0.3 is 5.97 Å². The Labute approximate surface area is 212 Å². The first-order valence-corrected chi connectivity index (χ1v) is 13.3. The highest BCUT2D eigenvalue weighted by molar-refractivity contribution is 8.01. The molecule has 0 bridgehead atoms. The smallest absolute Gasteiger partial charge is 0.327 e. The van der Waals surface area contributed by atoms with Gasteiger partial charge in [-0.05, 0) is 45.7 Å². The minimum Gasteiger partial charge on any atom is -0.493 e. The number of hydrogen-bond acceptors (Lipinski definition) is 6. The summed E-state index contributed by atoms with van der Waals surface area (Å²) in [7, 11) is 1.55. The average Bonchev–Trinajstić information content (AvgIpc) is 3.10. The van der Waals surface area contributed by atoms with Gasteiger partial charge in [-0.3, -0.25) is 9.59 Å². The number of para-hydroxylation sites is 2. The summed E-state index contributed by atoms with van der Waals surface area (Å²) >= 11 is 1.41. The van der Waals surface area contributed by atoms with Crippen LogP contribution in [0.5, 0.6) is 11.5 Å². The highest BCUT2D eigenvalue weighted by Crippen LogP contribution is 2.54. The first-order valence-electron chi connectivity index (χ1n) is 12.4. The van der Waals surface area contributed by atoms with E-state index in [4.69, 9.17) is 9.47 Å². The quantitative estimate of drug-likeness (QED) is 0.305. The van der Waals surface area contributed by atoms with Crippen LogP contribution >= 0.6 is 11.8 Å². The average molecular weight is 507 g/mol. The largest absolute Gasteiger partial charge is 0.493 e. The molecule has 4 atom stereocenters. The predicted octanol–water partition coefficient (Wildman–Crippen LogP) is 4.22. The number of benzene rings is 1. The van der Waals surface area contributed by atoms with Crippen LogP contribution < -0.4 is 14.8 Å². The normalized spacial score (nSPS) is 25.4. The number of ether oxygens (including phenoxy) is 2. The van der Waals surface area contributed by atoms with Gasteiger partial charge in [0.15, 0.2) is 17.6 Å². The number of β-lactam (4-membered cyclic amide) rings is 1. The van der Waals surface area contributed by atoms with Crippen molar-refractivity contribution in [3.8, 4) is 11.5 Å². The molecule has 2 fully saturated rings. The number of amides is 2. The van der Waals surface area contributed by atoms with Crippen molar-refractivity contribution < 1.29 is 29.0 Å². The van der Waals surface area contributed by atoms with Gasteiger partial charge in [-0.15, -0.1) is 11.8 Å². The molecule has 0 spiro atoms. The molecule has 3 rings (SSSR count). The molecule has 8 nitrogen and oxygen atoms in total. The second kappa shape index (κ2) is 11.1. The SMILES string of the molecule is CCCCCCCCC(Oc1ccccc1OC)C(=O)N[C@@]1(C)C(=O)N2[C@@H](C(=O)O)C(C)(C)S[C@@H]21. The molecule has 0 aliphatic carbocycles. The summed E-state index contributed by atoms with van der Waals surface area (Å²) < 4.78 is 10.8. The second-order valence-electron chi connectivity index (χ2n) is 10.0. The van der Waals surface area contributed by atoms with Crippen molar-refractivity contribution in [2.75, 3.05) is 7.11 Å². The van der Waals surface area contributed by atoms with Gasteiger partial charge in [-0.1, -0.05) is 51.2 Å². The molecule has 2 N–H and O–H groups in total. The molecule has 35 heavy (non-hydrogen) atoms. The van der Waals surface area contributed by atoms with Crippen molar-refractivity contribution in [1.82, 2.24) is 10.2 Å².